The molecule has 4 nitrogen and oxygen atoms in total. The van der Waals surface area contributed by atoms with Crippen LogP contribution in [0.5, 0.6) is 0 Å². The van der Waals surface area contributed by atoms with Crippen LogP contribution in [0.2, 0.25) is 0 Å². The van der Waals surface area contributed by atoms with Gasteiger partial charge in [-0.25, -0.2) is 0 Å². The van der Waals surface area contributed by atoms with Gasteiger partial charge in [0.15, 0.2) is 0 Å². The van der Waals surface area contributed by atoms with Gasteiger partial charge in [-0.05, 0) is 156 Å². The summed E-state index contributed by atoms with van der Waals surface area (Å²) in [5, 5.41) is 0. The van der Waals surface area contributed by atoms with Crippen LogP contribution in [0.4, 0.5) is 0 Å². The highest BCUT2D eigenvalue weighted by molar-refractivity contribution is 4.68. The summed E-state index contributed by atoms with van der Waals surface area (Å²) < 4.78 is 0. The number of nitrogens with zero attached hydrogens (tertiary/aromatic N) is 4. The summed E-state index contributed by atoms with van der Waals surface area (Å²) in [5.74, 6) is 0. The van der Waals surface area contributed by atoms with Crippen LogP contribution in [0.25, 0.3) is 0 Å². The van der Waals surface area contributed by atoms with E-state index >= 15 is 0 Å². The molecule has 0 unspecified atom stereocenters. The molecule has 4 bridgehead atoms. The Morgan fingerprint density at radius 2 is 0.273 bits per heavy atom. The van der Waals surface area contributed by atoms with E-state index in [1.165, 1.54) is 188 Å². The van der Waals surface area contributed by atoms with Crippen molar-refractivity contribution in [3.63, 3.8) is 0 Å². The molecule has 33 heavy (non-hydrogen) atoms. The minimum atomic E-state index is 1.34. The predicted molar refractivity (Wildman–Crippen MR) is 144 cm³/mol. The van der Waals surface area contributed by atoms with Gasteiger partial charge in [-0.3, -0.25) is 0 Å². The van der Waals surface area contributed by atoms with Gasteiger partial charge in [-0.15, -0.1) is 0 Å². The third-order valence-corrected chi connectivity index (χ3v) is 8.44. The van der Waals surface area contributed by atoms with Gasteiger partial charge in [-0.1, -0.05) is 32.1 Å². The van der Waals surface area contributed by atoms with Crippen LogP contribution in [-0.2, 0) is 0 Å². The second-order valence-electron chi connectivity index (χ2n) is 11.4. The molecule has 4 rings (SSSR count). The van der Waals surface area contributed by atoms with Crippen molar-refractivity contribution in [2.24, 2.45) is 0 Å². The smallest absolute Gasteiger partial charge is 0.00183 e. The lowest BCUT2D eigenvalue weighted by Gasteiger charge is -2.26. The summed E-state index contributed by atoms with van der Waals surface area (Å²) in [6.45, 7) is 16.1. The molecule has 0 aromatic heterocycles. The van der Waals surface area contributed by atoms with Crippen LogP contribution in [0, 0.1) is 0 Å². The van der Waals surface area contributed by atoms with Crippen molar-refractivity contribution in [1.82, 2.24) is 19.6 Å². The van der Waals surface area contributed by atoms with Crippen molar-refractivity contribution in [3.05, 3.63) is 0 Å². The molecule has 4 heteroatoms. The third-order valence-electron chi connectivity index (χ3n) is 8.44. The molecule has 4 saturated heterocycles. The lowest BCUT2D eigenvalue weighted by Crippen LogP contribution is -2.30. The lowest BCUT2D eigenvalue weighted by molar-refractivity contribution is 0.224. The second kappa shape index (κ2) is 18.2. The fraction of sp³-hybridized carbons (Fsp3) is 1.00. The first-order chi connectivity index (χ1) is 16.4. The highest BCUT2D eigenvalue weighted by Crippen LogP contribution is 2.13. The van der Waals surface area contributed by atoms with Gasteiger partial charge in [0.2, 0.25) is 0 Å². The molecule has 0 aliphatic carbocycles. The first kappa shape index (κ1) is 27.4. The molecule has 0 N–H and O–H groups in total. The molecule has 4 fully saturated rings. The second-order valence-corrected chi connectivity index (χ2v) is 11.4. The summed E-state index contributed by atoms with van der Waals surface area (Å²) in [7, 11) is 0. The minimum absolute atomic E-state index is 1.34. The standard InChI is InChI=1S/C29H58N4/c1-6-18-30-20-8-2-12-24-32-25-13-4-10-22-31(19-7-1)23-11-5-15-27-33(29-17-16-28-32)26-14-3-9-21-30/h1-29H2. The SMILES string of the molecule is C1CCN2CCCCCN3CCCCCN(CC1)CCCCCN(CCCCC2)CCCC3. The Labute approximate surface area is 207 Å². The van der Waals surface area contributed by atoms with Crippen LogP contribution >= 0.6 is 0 Å². The number of hydrogen-bond acceptors (Lipinski definition) is 4. The zero-order chi connectivity index (χ0) is 22.8. The molecule has 4 heterocycles. The van der Waals surface area contributed by atoms with Gasteiger partial charge in [0.25, 0.3) is 0 Å². The maximum atomic E-state index is 2.83. The minimum Gasteiger partial charge on any atom is -0.303 e. The van der Waals surface area contributed by atoms with Gasteiger partial charge in [-0.2, -0.15) is 0 Å². The Bertz CT molecular complexity index is 389. The average molecular weight is 463 g/mol. The summed E-state index contributed by atoms with van der Waals surface area (Å²) >= 11 is 0. The van der Waals surface area contributed by atoms with Gasteiger partial charge in [0.1, 0.15) is 0 Å². The highest BCUT2D eigenvalue weighted by Gasteiger charge is 2.12. The zero-order valence-corrected chi connectivity index (χ0v) is 22.3. The summed E-state index contributed by atoms with van der Waals surface area (Å²) in [6, 6.07) is 0. The monoisotopic (exact) mass is 462 g/mol. The van der Waals surface area contributed by atoms with Crippen LogP contribution in [-0.4, -0.2) is 98.1 Å². The van der Waals surface area contributed by atoms with Crippen molar-refractivity contribution < 1.29 is 0 Å². The largest absolute Gasteiger partial charge is 0.303 e. The van der Waals surface area contributed by atoms with Crippen molar-refractivity contribution in [1.29, 1.82) is 0 Å². The van der Waals surface area contributed by atoms with E-state index in [1.807, 2.05) is 0 Å². The molecule has 4 aliphatic heterocycles. The van der Waals surface area contributed by atoms with Crippen molar-refractivity contribution in [2.75, 3.05) is 78.5 Å². The van der Waals surface area contributed by atoms with Crippen LogP contribution < -0.4 is 0 Å². The molecule has 0 atom stereocenters. The predicted octanol–water partition coefficient (Wildman–Crippen LogP) is 5.87. The van der Waals surface area contributed by atoms with E-state index in [2.05, 4.69) is 19.6 Å². The van der Waals surface area contributed by atoms with Crippen LogP contribution in [0.3, 0.4) is 0 Å². The number of rotatable bonds is 0. The van der Waals surface area contributed by atoms with E-state index in [1.54, 1.807) is 0 Å². The van der Waals surface area contributed by atoms with E-state index in [9.17, 15) is 0 Å². The molecule has 194 valence electrons. The van der Waals surface area contributed by atoms with Gasteiger partial charge >= 0.3 is 0 Å². The molecule has 0 aromatic rings. The molecular formula is C29H58N4. The maximum absolute atomic E-state index is 2.83. The quantitative estimate of drug-likeness (QED) is 0.446. The van der Waals surface area contributed by atoms with Crippen molar-refractivity contribution >= 4 is 0 Å². The van der Waals surface area contributed by atoms with E-state index in [-0.39, 0.29) is 0 Å². The summed E-state index contributed by atoms with van der Waals surface area (Å²) in [5.41, 5.74) is 0. The Balaban J connectivity index is 1.69. The van der Waals surface area contributed by atoms with Crippen molar-refractivity contribution in [3.8, 4) is 0 Å². The molecular weight excluding hydrogens is 404 g/mol. The van der Waals surface area contributed by atoms with Gasteiger partial charge in [0.05, 0.1) is 0 Å². The summed E-state index contributed by atoms with van der Waals surface area (Å²) in [4.78, 5) is 11.3. The highest BCUT2D eigenvalue weighted by atomic mass is 15.1. The van der Waals surface area contributed by atoms with E-state index < -0.39 is 0 Å². The first-order valence-electron chi connectivity index (χ1n) is 15.3. The normalized spacial score (nSPS) is 34.2. The van der Waals surface area contributed by atoms with Crippen molar-refractivity contribution in [2.45, 2.75) is 109 Å². The van der Waals surface area contributed by atoms with E-state index in [4.69, 9.17) is 0 Å². The molecule has 0 spiro atoms. The molecule has 4 aliphatic rings. The molecule has 0 radical (unpaired) electrons. The topological polar surface area (TPSA) is 13.0 Å². The Hall–Kier alpha value is -0.160. The van der Waals surface area contributed by atoms with Gasteiger partial charge in [0, 0.05) is 0 Å². The Morgan fingerprint density at radius 1 is 0.152 bits per heavy atom. The third kappa shape index (κ3) is 12.9. The first-order valence-corrected chi connectivity index (χ1v) is 15.3. The fourth-order valence-corrected chi connectivity index (χ4v) is 6.25. The maximum Gasteiger partial charge on any atom is -0.00183 e. The Kier molecular flexibility index (Phi) is 15.1. The molecule has 0 aromatic carbocycles. The summed E-state index contributed by atoms with van der Waals surface area (Å²) in [6.07, 6.45) is 24.0. The molecule has 0 saturated carbocycles. The Morgan fingerprint density at radius 3 is 0.424 bits per heavy atom. The van der Waals surface area contributed by atoms with Gasteiger partial charge < -0.3 is 19.6 Å². The fourth-order valence-electron chi connectivity index (χ4n) is 6.25. The average Bonchev–Trinajstić information content (AvgIpc) is 2.82. The number of fused-ring (bicyclic) bond motifs is 23. The molecule has 0 amide bonds. The zero-order valence-electron chi connectivity index (χ0n) is 22.3. The van der Waals surface area contributed by atoms with E-state index in [0.717, 1.165) is 0 Å². The van der Waals surface area contributed by atoms with Crippen LogP contribution in [0.1, 0.15) is 109 Å². The number of hydrogen-bond donors (Lipinski definition) is 0. The van der Waals surface area contributed by atoms with E-state index in [0.29, 0.717) is 0 Å². The van der Waals surface area contributed by atoms with Crippen LogP contribution in [0.15, 0.2) is 0 Å². The lowest BCUT2D eigenvalue weighted by atomic mass is 10.1.